The summed E-state index contributed by atoms with van der Waals surface area (Å²) >= 11 is 0. The van der Waals surface area contributed by atoms with Gasteiger partial charge in [0.1, 0.15) is 0 Å². The van der Waals surface area contributed by atoms with E-state index in [-0.39, 0.29) is 11.9 Å². The van der Waals surface area contributed by atoms with E-state index in [4.69, 9.17) is 17.2 Å². The quantitative estimate of drug-likeness (QED) is 0.553. The Morgan fingerprint density at radius 3 is 2.67 bits per heavy atom. The van der Waals surface area contributed by atoms with E-state index in [1.54, 1.807) is 4.68 Å². The van der Waals surface area contributed by atoms with Crippen LogP contribution in [-0.2, 0) is 6.42 Å². The second-order valence-corrected chi connectivity index (χ2v) is 4.49. The highest BCUT2D eigenvalue weighted by atomic mass is 15.4. The summed E-state index contributed by atoms with van der Waals surface area (Å²) < 4.78 is 1.71. The molecule has 1 aromatic heterocycles. The zero-order valence-corrected chi connectivity index (χ0v) is 12.0. The molecule has 0 saturated heterocycles. The number of benzene rings is 1. The molecule has 21 heavy (non-hydrogen) atoms. The molecule has 1 aromatic carbocycles. The summed E-state index contributed by atoms with van der Waals surface area (Å²) in [5, 5.41) is 8.19. The standard InChI is InChI=1S/C13H18N8/c1-3-9-7-21(20-19-9)11-6-10(5-4-8(11)2)17-13(16)18-12(14)15/h4-7H,3H2,1-2H3,(H6,14,15,16,17,18). The number of aliphatic imine (C=N–C) groups is 2. The summed E-state index contributed by atoms with van der Waals surface area (Å²) in [5.41, 5.74) is 19.6. The van der Waals surface area contributed by atoms with Gasteiger partial charge in [0.2, 0.25) is 5.96 Å². The summed E-state index contributed by atoms with van der Waals surface area (Å²) in [7, 11) is 0. The average Bonchev–Trinajstić information content (AvgIpc) is 2.88. The molecule has 0 unspecified atom stereocenters. The fourth-order valence-corrected chi connectivity index (χ4v) is 1.78. The van der Waals surface area contributed by atoms with Crippen LogP contribution in [0.25, 0.3) is 5.69 Å². The Balaban J connectivity index is 2.40. The molecule has 0 aliphatic rings. The third-order valence-corrected chi connectivity index (χ3v) is 2.83. The molecule has 0 radical (unpaired) electrons. The first kappa shape index (κ1) is 14.5. The number of rotatable bonds is 3. The van der Waals surface area contributed by atoms with E-state index in [9.17, 15) is 0 Å². The van der Waals surface area contributed by atoms with E-state index in [0.29, 0.717) is 5.69 Å². The first-order chi connectivity index (χ1) is 9.99. The van der Waals surface area contributed by atoms with Gasteiger partial charge in [-0.1, -0.05) is 18.2 Å². The number of aromatic nitrogens is 3. The van der Waals surface area contributed by atoms with Gasteiger partial charge in [0.05, 0.1) is 23.3 Å². The number of nitrogens with two attached hydrogens (primary N) is 3. The number of aryl methyl sites for hydroxylation is 2. The third kappa shape index (κ3) is 3.56. The summed E-state index contributed by atoms with van der Waals surface area (Å²) in [5.74, 6) is -0.134. The highest BCUT2D eigenvalue weighted by molar-refractivity contribution is 5.93. The van der Waals surface area contributed by atoms with Gasteiger partial charge in [-0.25, -0.2) is 9.67 Å². The largest absolute Gasteiger partial charge is 0.370 e. The van der Waals surface area contributed by atoms with Crippen molar-refractivity contribution in [2.24, 2.45) is 27.2 Å². The molecular weight excluding hydrogens is 268 g/mol. The van der Waals surface area contributed by atoms with E-state index in [2.05, 4.69) is 20.3 Å². The molecule has 2 rings (SSSR count). The Morgan fingerprint density at radius 2 is 2.05 bits per heavy atom. The Kier molecular flexibility index (Phi) is 4.17. The van der Waals surface area contributed by atoms with Crippen molar-refractivity contribution in [3.63, 3.8) is 0 Å². The minimum atomic E-state index is -0.132. The Bertz CT molecular complexity index is 694. The molecule has 0 aliphatic carbocycles. The Hall–Kier alpha value is -2.90. The molecule has 110 valence electrons. The van der Waals surface area contributed by atoms with E-state index >= 15 is 0 Å². The molecule has 0 fully saturated rings. The van der Waals surface area contributed by atoms with Crippen LogP contribution in [0.1, 0.15) is 18.2 Å². The van der Waals surface area contributed by atoms with E-state index in [0.717, 1.165) is 23.4 Å². The van der Waals surface area contributed by atoms with E-state index in [1.807, 2.05) is 38.2 Å². The molecule has 8 nitrogen and oxygen atoms in total. The maximum absolute atomic E-state index is 5.63. The summed E-state index contributed by atoms with van der Waals surface area (Å²) in [6.07, 6.45) is 2.71. The van der Waals surface area contributed by atoms with Gasteiger partial charge in [-0.2, -0.15) is 4.99 Å². The van der Waals surface area contributed by atoms with Crippen molar-refractivity contribution < 1.29 is 0 Å². The molecule has 2 aromatic rings. The SMILES string of the molecule is CCc1cn(-c2cc(N=C(N)N=C(N)N)ccc2C)nn1. The molecule has 6 N–H and O–H groups in total. The van der Waals surface area contributed by atoms with Crippen LogP contribution in [0, 0.1) is 6.92 Å². The zero-order valence-electron chi connectivity index (χ0n) is 12.0. The molecule has 0 saturated carbocycles. The molecule has 0 atom stereocenters. The fraction of sp³-hybridized carbons (Fsp3) is 0.231. The summed E-state index contributed by atoms with van der Waals surface area (Å²) in [6.45, 7) is 4.01. The zero-order chi connectivity index (χ0) is 15.4. The summed E-state index contributed by atoms with van der Waals surface area (Å²) in [4.78, 5) is 7.82. The van der Waals surface area contributed by atoms with Crippen LogP contribution >= 0.6 is 0 Å². The monoisotopic (exact) mass is 286 g/mol. The second kappa shape index (κ2) is 6.04. The average molecular weight is 286 g/mol. The van der Waals surface area contributed by atoms with Gasteiger partial charge in [0, 0.05) is 0 Å². The Labute approximate surface area is 122 Å². The number of nitrogens with zero attached hydrogens (tertiary/aromatic N) is 5. The number of hydrogen-bond donors (Lipinski definition) is 3. The topological polar surface area (TPSA) is 133 Å². The fourth-order valence-electron chi connectivity index (χ4n) is 1.78. The van der Waals surface area contributed by atoms with Crippen LogP contribution in [0.15, 0.2) is 34.4 Å². The van der Waals surface area contributed by atoms with Crippen molar-refractivity contribution in [1.29, 1.82) is 0 Å². The predicted molar refractivity (Wildman–Crippen MR) is 82.6 cm³/mol. The normalized spacial score (nSPS) is 11.4. The Morgan fingerprint density at radius 1 is 1.29 bits per heavy atom. The van der Waals surface area contributed by atoms with Gasteiger partial charge in [-0.05, 0) is 31.0 Å². The van der Waals surface area contributed by atoms with Crippen LogP contribution in [0.5, 0.6) is 0 Å². The maximum Gasteiger partial charge on any atom is 0.223 e. The minimum absolute atomic E-state index is 0.00218. The van der Waals surface area contributed by atoms with E-state index in [1.165, 1.54) is 0 Å². The highest BCUT2D eigenvalue weighted by Crippen LogP contribution is 2.21. The van der Waals surface area contributed by atoms with Gasteiger partial charge < -0.3 is 17.2 Å². The van der Waals surface area contributed by atoms with Crippen molar-refractivity contribution in [1.82, 2.24) is 15.0 Å². The van der Waals surface area contributed by atoms with Crippen molar-refractivity contribution in [2.45, 2.75) is 20.3 Å². The number of guanidine groups is 2. The van der Waals surface area contributed by atoms with Gasteiger partial charge in [-0.15, -0.1) is 5.10 Å². The molecule has 1 heterocycles. The maximum atomic E-state index is 5.63. The first-order valence-electron chi connectivity index (χ1n) is 6.45. The van der Waals surface area contributed by atoms with E-state index < -0.39 is 0 Å². The van der Waals surface area contributed by atoms with Crippen LogP contribution in [0.4, 0.5) is 5.69 Å². The lowest BCUT2D eigenvalue weighted by atomic mass is 10.2. The minimum Gasteiger partial charge on any atom is -0.370 e. The van der Waals surface area contributed by atoms with Gasteiger partial charge in [0.15, 0.2) is 5.96 Å². The molecule has 8 heteroatoms. The van der Waals surface area contributed by atoms with Crippen molar-refractivity contribution in [2.75, 3.05) is 0 Å². The molecule has 0 aliphatic heterocycles. The van der Waals surface area contributed by atoms with Crippen LogP contribution in [0.3, 0.4) is 0 Å². The number of hydrogen-bond acceptors (Lipinski definition) is 3. The van der Waals surface area contributed by atoms with Crippen LogP contribution in [0.2, 0.25) is 0 Å². The smallest absolute Gasteiger partial charge is 0.223 e. The van der Waals surface area contributed by atoms with Crippen molar-refractivity contribution in [3.8, 4) is 5.69 Å². The van der Waals surface area contributed by atoms with Crippen molar-refractivity contribution in [3.05, 3.63) is 35.7 Å². The lowest BCUT2D eigenvalue weighted by Gasteiger charge is -2.06. The van der Waals surface area contributed by atoms with Crippen LogP contribution < -0.4 is 17.2 Å². The van der Waals surface area contributed by atoms with Crippen molar-refractivity contribution >= 4 is 17.6 Å². The molecule has 0 bridgehead atoms. The highest BCUT2D eigenvalue weighted by Gasteiger charge is 2.06. The van der Waals surface area contributed by atoms with Gasteiger partial charge >= 0.3 is 0 Å². The van der Waals surface area contributed by atoms with Crippen LogP contribution in [-0.4, -0.2) is 26.9 Å². The third-order valence-electron chi connectivity index (χ3n) is 2.83. The molecule has 0 spiro atoms. The lowest BCUT2D eigenvalue weighted by Crippen LogP contribution is -2.26. The molecule has 0 amide bonds. The second-order valence-electron chi connectivity index (χ2n) is 4.49. The predicted octanol–water partition coefficient (Wildman–Crippen LogP) is 0.358. The van der Waals surface area contributed by atoms with Gasteiger partial charge in [-0.3, -0.25) is 0 Å². The summed E-state index contributed by atoms with van der Waals surface area (Å²) in [6, 6.07) is 5.59. The first-order valence-corrected chi connectivity index (χ1v) is 6.45. The van der Waals surface area contributed by atoms with Gasteiger partial charge in [0.25, 0.3) is 0 Å². The molecular formula is C13H18N8. The lowest BCUT2D eigenvalue weighted by molar-refractivity contribution is 0.793.